The van der Waals surface area contributed by atoms with Crippen molar-refractivity contribution < 1.29 is 13.2 Å². The first kappa shape index (κ1) is 12.8. The van der Waals surface area contributed by atoms with Crippen LogP contribution in [0, 0.1) is 6.92 Å². The highest BCUT2D eigenvalue weighted by molar-refractivity contribution is 6.29. The number of aromatic nitrogens is 4. The third-order valence-electron chi connectivity index (χ3n) is 2.10. The summed E-state index contributed by atoms with van der Waals surface area (Å²) in [5, 5.41) is 3.66. The summed E-state index contributed by atoms with van der Waals surface area (Å²) < 4.78 is 38.1. The zero-order valence-electron chi connectivity index (χ0n) is 9.24. The van der Waals surface area contributed by atoms with Gasteiger partial charge in [0.2, 0.25) is 0 Å². The van der Waals surface area contributed by atoms with E-state index in [1.165, 1.54) is 6.20 Å². The van der Waals surface area contributed by atoms with Crippen LogP contribution in [0.4, 0.5) is 13.2 Å². The molecule has 0 fully saturated rings. The fourth-order valence-electron chi connectivity index (χ4n) is 1.41. The maximum Gasteiger partial charge on any atom is 0.435 e. The van der Waals surface area contributed by atoms with E-state index in [1.54, 1.807) is 13.0 Å². The van der Waals surface area contributed by atoms with Crippen molar-refractivity contribution in [3.05, 3.63) is 40.7 Å². The van der Waals surface area contributed by atoms with Gasteiger partial charge in [-0.05, 0) is 19.1 Å². The monoisotopic (exact) mass is 276 g/mol. The second-order valence-corrected chi connectivity index (χ2v) is 4.03. The van der Waals surface area contributed by atoms with Crippen molar-refractivity contribution in [2.45, 2.75) is 19.6 Å². The van der Waals surface area contributed by atoms with Gasteiger partial charge in [0, 0.05) is 11.9 Å². The van der Waals surface area contributed by atoms with Gasteiger partial charge in [0.25, 0.3) is 0 Å². The molecule has 0 N–H and O–H groups in total. The molecule has 2 heterocycles. The number of aryl methyl sites for hydroxylation is 1. The molecule has 0 spiro atoms. The summed E-state index contributed by atoms with van der Waals surface area (Å²) in [7, 11) is 0. The molecule has 0 saturated carbocycles. The normalized spacial score (nSPS) is 11.8. The minimum atomic E-state index is -4.45. The van der Waals surface area contributed by atoms with Gasteiger partial charge in [-0.25, -0.2) is 9.97 Å². The van der Waals surface area contributed by atoms with E-state index in [9.17, 15) is 13.2 Å². The largest absolute Gasteiger partial charge is 0.435 e. The molecule has 0 unspecified atom stereocenters. The van der Waals surface area contributed by atoms with E-state index < -0.39 is 11.9 Å². The third-order valence-corrected chi connectivity index (χ3v) is 2.30. The number of halogens is 4. The highest BCUT2D eigenvalue weighted by atomic mass is 35.5. The summed E-state index contributed by atoms with van der Waals surface area (Å²) >= 11 is 5.73. The average molecular weight is 277 g/mol. The molecular weight excluding hydrogens is 269 g/mol. The van der Waals surface area contributed by atoms with Crippen LogP contribution in [0.1, 0.15) is 17.2 Å². The molecule has 0 bridgehead atoms. The Morgan fingerprint density at radius 2 is 2.06 bits per heavy atom. The van der Waals surface area contributed by atoms with Crippen molar-refractivity contribution in [1.82, 2.24) is 19.7 Å². The van der Waals surface area contributed by atoms with Crippen LogP contribution in [0.25, 0.3) is 0 Å². The van der Waals surface area contributed by atoms with Gasteiger partial charge in [-0.2, -0.15) is 18.3 Å². The fourth-order valence-corrected chi connectivity index (χ4v) is 1.66. The van der Waals surface area contributed by atoms with Gasteiger partial charge in [0.1, 0.15) is 11.7 Å². The van der Waals surface area contributed by atoms with E-state index in [-0.39, 0.29) is 11.7 Å². The molecule has 0 aromatic carbocycles. The molecule has 4 nitrogen and oxygen atoms in total. The molecule has 0 amide bonds. The molecule has 0 aliphatic carbocycles. The number of nitrogens with zero attached hydrogens (tertiary/aromatic N) is 4. The molecule has 2 aromatic rings. The van der Waals surface area contributed by atoms with Crippen molar-refractivity contribution in [2.75, 3.05) is 0 Å². The Kier molecular flexibility index (Phi) is 3.25. The van der Waals surface area contributed by atoms with Gasteiger partial charge in [-0.3, -0.25) is 4.68 Å². The van der Waals surface area contributed by atoms with Crippen molar-refractivity contribution in [3.63, 3.8) is 0 Å². The average Bonchev–Trinajstić information content (AvgIpc) is 2.63. The predicted octanol–water partition coefficient (Wildman–Crippen LogP) is 2.70. The van der Waals surface area contributed by atoms with E-state index in [0.29, 0.717) is 11.5 Å². The topological polar surface area (TPSA) is 43.6 Å². The molecule has 0 radical (unpaired) electrons. The van der Waals surface area contributed by atoms with Crippen LogP contribution in [0.5, 0.6) is 0 Å². The molecule has 8 heteroatoms. The zero-order chi connectivity index (χ0) is 13.3. The van der Waals surface area contributed by atoms with Crippen LogP contribution >= 0.6 is 11.6 Å². The van der Waals surface area contributed by atoms with Crippen molar-refractivity contribution >= 4 is 11.6 Å². The SMILES string of the molecule is Cc1cc(Cl)nc(Cn2ccc(C(F)(F)F)n2)n1. The van der Waals surface area contributed by atoms with Crippen LogP contribution in [-0.2, 0) is 12.7 Å². The van der Waals surface area contributed by atoms with Gasteiger partial charge in [-0.1, -0.05) is 11.6 Å². The molecule has 0 saturated heterocycles. The molecule has 0 aliphatic heterocycles. The summed E-state index contributed by atoms with van der Waals surface area (Å²) in [5.41, 5.74) is -0.297. The number of hydrogen-bond donors (Lipinski definition) is 0. The van der Waals surface area contributed by atoms with E-state index in [0.717, 1.165) is 10.7 Å². The summed E-state index contributed by atoms with van der Waals surface area (Å²) in [6.45, 7) is 1.76. The highest BCUT2D eigenvalue weighted by Gasteiger charge is 2.33. The second-order valence-electron chi connectivity index (χ2n) is 3.64. The minimum absolute atomic E-state index is 0.0392. The lowest BCUT2D eigenvalue weighted by atomic mass is 10.4. The highest BCUT2D eigenvalue weighted by Crippen LogP contribution is 2.27. The van der Waals surface area contributed by atoms with E-state index in [2.05, 4.69) is 15.1 Å². The smallest absolute Gasteiger partial charge is 0.264 e. The van der Waals surface area contributed by atoms with Crippen LogP contribution < -0.4 is 0 Å². The summed E-state index contributed by atoms with van der Waals surface area (Å²) in [6, 6.07) is 2.46. The van der Waals surface area contributed by atoms with Gasteiger partial charge in [0.15, 0.2) is 11.5 Å². The van der Waals surface area contributed by atoms with E-state index in [1.807, 2.05) is 0 Å². The standard InChI is InChI=1S/C10H8ClF3N4/c1-6-4-8(11)16-9(15-6)5-18-3-2-7(17-18)10(12,13)14/h2-4H,5H2,1H3. The second kappa shape index (κ2) is 4.56. The van der Waals surface area contributed by atoms with Crippen molar-refractivity contribution in [3.8, 4) is 0 Å². The number of hydrogen-bond acceptors (Lipinski definition) is 3. The first-order chi connectivity index (χ1) is 8.34. The Labute approximate surface area is 105 Å². The minimum Gasteiger partial charge on any atom is -0.264 e. The Bertz CT molecular complexity index is 544. The lowest BCUT2D eigenvalue weighted by molar-refractivity contribution is -0.141. The Balaban J connectivity index is 2.21. The fraction of sp³-hybridized carbons (Fsp3) is 0.300. The number of rotatable bonds is 2. The lowest BCUT2D eigenvalue weighted by Gasteiger charge is -2.03. The van der Waals surface area contributed by atoms with Crippen molar-refractivity contribution in [2.24, 2.45) is 0 Å². The Morgan fingerprint density at radius 1 is 1.33 bits per heavy atom. The molecule has 0 aliphatic rings. The molecule has 18 heavy (non-hydrogen) atoms. The predicted molar refractivity (Wildman–Crippen MR) is 58.1 cm³/mol. The van der Waals surface area contributed by atoms with Crippen LogP contribution in [0.3, 0.4) is 0 Å². The molecule has 2 aromatic heterocycles. The Hall–Kier alpha value is -1.63. The maximum atomic E-state index is 12.3. The third kappa shape index (κ3) is 2.98. The van der Waals surface area contributed by atoms with Crippen LogP contribution in [0.15, 0.2) is 18.3 Å². The quantitative estimate of drug-likeness (QED) is 0.792. The molecular formula is C10H8ClF3N4. The summed E-state index contributed by atoms with van der Waals surface area (Å²) in [5.74, 6) is 0.317. The van der Waals surface area contributed by atoms with Gasteiger partial charge in [0.05, 0.1) is 0 Å². The van der Waals surface area contributed by atoms with Crippen LogP contribution in [-0.4, -0.2) is 19.7 Å². The number of alkyl halides is 3. The van der Waals surface area contributed by atoms with Crippen molar-refractivity contribution in [1.29, 1.82) is 0 Å². The van der Waals surface area contributed by atoms with Gasteiger partial charge in [-0.15, -0.1) is 0 Å². The van der Waals surface area contributed by atoms with Crippen LogP contribution in [0.2, 0.25) is 5.15 Å². The Morgan fingerprint density at radius 3 is 2.61 bits per heavy atom. The van der Waals surface area contributed by atoms with Gasteiger partial charge >= 0.3 is 6.18 Å². The summed E-state index contributed by atoms with van der Waals surface area (Å²) in [6.07, 6.45) is -3.22. The molecule has 2 rings (SSSR count). The molecule has 96 valence electrons. The van der Waals surface area contributed by atoms with E-state index >= 15 is 0 Å². The lowest BCUT2D eigenvalue weighted by Crippen LogP contribution is -2.10. The maximum absolute atomic E-state index is 12.3. The first-order valence-corrected chi connectivity index (χ1v) is 5.33. The summed E-state index contributed by atoms with van der Waals surface area (Å²) in [4.78, 5) is 7.98. The van der Waals surface area contributed by atoms with E-state index in [4.69, 9.17) is 11.6 Å². The van der Waals surface area contributed by atoms with Gasteiger partial charge < -0.3 is 0 Å². The first-order valence-electron chi connectivity index (χ1n) is 4.95. The zero-order valence-corrected chi connectivity index (χ0v) is 10.00. The molecule has 0 atom stereocenters.